The molecule has 0 amide bonds. The van der Waals surface area contributed by atoms with Gasteiger partial charge >= 0.3 is 11.9 Å². The van der Waals surface area contributed by atoms with Crippen LogP contribution < -0.4 is 5.73 Å². The third-order valence-electron chi connectivity index (χ3n) is 5.59. The summed E-state index contributed by atoms with van der Waals surface area (Å²) in [5.41, 5.74) is 6.82. The number of fused-ring (bicyclic) bond motifs is 1. The van der Waals surface area contributed by atoms with Crippen LogP contribution in [0.3, 0.4) is 0 Å². The molecule has 4 rings (SSSR count). The average molecular weight is 504 g/mol. The quantitative estimate of drug-likeness (QED) is 0.115. The largest absolute Gasteiger partial charge is 0.507 e. The molecule has 0 atom stereocenters. The number of aromatic nitrogens is 2. The number of amidine groups is 1. The third-order valence-corrected chi connectivity index (χ3v) is 5.59. The smallest absolute Gasteiger partial charge is 0.338 e. The van der Waals surface area contributed by atoms with Crippen molar-refractivity contribution in [2.24, 2.45) is 5.73 Å². The number of hydrogen-bond donors (Lipinski definition) is 5. The number of aromatic hydroxyl groups is 2. The molecule has 0 fully saturated rings. The van der Waals surface area contributed by atoms with Crippen LogP contribution in [0.2, 0.25) is 0 Å². The van der Waals surface area contributed by atoms with Gasteiger partial charge in [0, 0.05) is 22.8 Å². The Balaban J connectivity index is 2.04. The Labute approximate surface area is 209 Å². The third kappa shape index (κ3) is 4.82. The maximum atomic E-state index is 14.1. The van der Waals surface area contributed by atoms with Crippen LogP contribution >= 0.6 is 0 Å². The van der Waals surface area contributed by atoms with Crippen LogP contribution in [0.15, 0.2) is 54.6 Å². The molecule has 0 unspecified atom stereocenters. The van der Waals surface area contributed by atoms with Gasteiger partial charge in [-0.2, -0.15) is 0 Å². The van der Waals surface area contributed by atoms with Gasteiger partial charge in [-0.1, -0.05) is 0 Å². The number of hydrogen-bond acceptors (Lipinski definition) is 8. The van der Waals surface area contributed by atoms with Crippen molar-refractivity contribution in [2.75, 3.05) is 14.2 Å². The highest BCUT2D eigenvalue weighted by Crippen LogP contribution is 2.43. The number of rotatable bonds is 6. The molecule has 0 aliphatic carbocycles. The number of nitrogens with two attached hydrogens (primary N) is 1. The van der Waals surface area contributed by atoms with Crippen LogP contribution in [0, 0.1) is 11.2 Å². The molecule has 6 N–H and O–H groups in total. The first-order chi connectivity index (χ1) is 17.6. The maximum absolute atomic E-state index is 14.1. The fourth-order valence-electron chi connectivity index (χ4n) is 3.75. The van der Waals surface area contributed by atoms with E-state index in [0.717, 1.165) is 38.5 Å². The van der Waals surface area contributed by atoms with Gasteiger partial charge < -0.3 is 30.4 Å². The fourth-order valence-corrected chi connectivity index (χ4v) is 3.75. The number of carbonyl (C=O) groups is 2. The first-order valence-corrected chi connectivity index (χ1v) is 10.7. The maximum Gasteiger partial charge on any atom is 0.338 e. The van der Waals surface area contributed by atoms with E-state index in [4.69, 9.17) is 15.9 Å². The first-order valence-electron chi connectivity index (χ1n) is 10.7. The second-order valence-corrected chi connectivity index (χ2v) is 7.89. The predicted molar refractivity (Wildman–Crippen MR) is 133 cm³/mol. The number of esters is 2. The van der Waals surface area contributed by atoms with Gasteiger partial charge in [0.05, 0.1) is 36.4 Å². The lowest BCUT2D eigenvalue weighted by molar-refractivity contribution is -0.136. The number of imidazole rings is 1. The lowest BCUT2D eigenvalue weighted by Crippen LogP contribution is -2.10. The van der Waals surface area contributed by atoms with E-state index in [1.165, 1.54) is 12.1 Å². The van der Waals surface area contributed by atoms with E-state index >= 15 is 0 Å². The molecule has 0 spiro atoms. The molecule has 0 aliphatic heterocycles. The molecule has 0 bridgehead atoms. The normalized spacial score (nSPS) is 11.4. The molecule has 0 saturated carbocycles. The van der Waals surface area contributed by atoms with E-state index in [1.807, 2.05) is 0 Å². The van der Waals surface area contributed by atoms with Gasteiger partial charge in [-0.05, 0) is 54.1 Å². The van der Waals surface area contributed by atoms with Gasteiger partial charge in [-0.25, -0.2) is 19.0 Å². The van der Waals surface area contributed by atoms with Crippen LogP contribution in [-0.4, -0.2) is 52.2 Å². The van der Waals surface area contributed by atoms with Gasteiger partial charge in [0.1, 0.15) is 29.0 Å². The van der Waals surface area contributed by atoms with E-state index in [9.17, 15) is 24.2 Å². The van der Waals surface area contributed by atoms with Crippen LogP contribution in [0.4, 0.5) is 4.39 Å². The summed E-state index contributed by atoms with van der Waals surface area (Å²) in [6.07, 6.45) is 0.912. The highest BCUT2D eigenvalue weighted by Gasteiger charge is 2.23. The molecule has 37 heavy (non-hydrogen) atoms. The zero-order valence-electron chi connectivity index (χ0n) is 19.6. The molecule has 0 radical (unpaired) electrons. The molecular formula is C26H21FN4O6. The molecule has 4 aromatic rings. The molecule has 188 valence electrons. The van der Waals surface area contributed by atoms with Crippen molar-refractivity contribution >= 4 is 34.4 Å². The van der Waals surface area contributed by atoms with Gasteiger partial charge in [0.15, 0.2) is 0 Å². The van der Waals surface area contributed by atoms with Crippen LogP contribution in [0.5, 0.6) is 11.5 Å². The predicted octanol–water partition coefficient (Wildman–Crippen LogP) is 3.46. The second kappa shape index (κ2) is 9.82. The summed E-state index contributed by atoms with van der Waals surface area (Å²) in [6, 6.07) is 10.7. The summed E-state index contributed by atoms with van der Waals surface area (Å²) in [4.78, 5) is 32.1. The minimum Gasteiger partial charge on any atom is -0.507 e. The Morgan fingerprint density at radius 3 is 2.41 bits per heavy atom. The summed E-state index contributed by atoms with van der Waals surface area (Å²) >= 11 is 0. The first kappa shape index (κ1) is 24.9. The van der Waals surface area contributed by atoms with Crippen molar-refractivity contribution in [3.63, 3.8) is 0 Å². The van der Waals surface area contributed by atoms with Crippen LogP contribution in [0.25, 0.3) is 39.1 Å². The number of nitrogens with one attached hydrogen (secondary N) is 2. The van der Waals surface area contributed by atoms with Gasteiger partial charge in [0.25, 0.3) is 0 Å². The van der Waals surface area contributed by atoms with Gasteiger partial charge in [0.2, 0.25) is 0 Å². The summed E-state index contributed by atoms with van der Waals surface area (Å²) in [5.74, 6) is -3.14. The summed E-state index contributed by atoms with van der Waals surface area (Å²) in [7, 11) is 2.26. The standard InChI is InChI=1S/C26H21FN4O6/c1-36-22(33)11-15(26(35)37-2)13-7-17(16-10-14(27)4-6-21(16)32)23(34)18(8-13)25-30-19-5-3-12(24(28)29)9-20(19)31-25/h3-11,32,34H,1-2H3,(H3,28,29)(H,30,31). The number of carbonyl (C=O) groups excluding carboxylic acids is 2. The van der Waals surface area contributed by atoms with Crippen molar-refractivity contribution in [3.8, 4) is 34.0 Å². The van der Waals surface area contributed by atoms with Crippen molar-refractivity contribution < 1.29 is 33.7 Å². The number of ether oxygens (including phenoxy) is 2. The Bertz CT molecular complexity index is 1610. The zero-order chi connectivity index (χ0) is 26.9. The Morgan fingerprint density at radius 2 is 1.73 bits per heavy atom. The van der Waals surface area contributed by atoms with E-state index < -0.39 is 23.5 Å². The SMILES string of the molecule is COC(=O)C=C(C(=O)OC)c1cc(-c2nc3ccc(C(=N)N)cc3[nH]2)c(O)c(-c2cc(F)ccc2O)c1. The Morgan fingerprint density at radius 1 is 1.00 bits per heavy atom. The molecular weight excluding hydrogens is 483 g/mol. The van der Waals surface area contributed by atoms with E-state index in [-0.39, 0.29) is 45.2 Å². The molecule has 1 heterocycles. The number of benzene rings is 3. The highest BCUT2D eigenvalue weighted by molar-refractivity contribution is 6.21. The molecule has 0 saturated heterocycles. The zero-order valence-corrected chi connectivity index (χ0v) is 19.6. The van der Waals surface area contributed by atoms with Crippen LogP contribution in [-0.2, 0) is 19.1 Å². The van der Waals surface area contributed by atoms with Crippen LogP contribution in [0.1, 0.15) is 11.1 Å². The monoisotopic (exact) mass is 504 g/mol. The van der Waals surface area contributed by atoms with E-state index in [1.54, 1.807) is 18.2 Å². The van der Waals surface area contributed by atoms with Crippen molar-refractivity contribution in [3.05, 3.63) is 71.6 Å². The van der Waals surface area contributed by atoms with Crippen molar-refractivity contribution in [1.82, 2.24) is 9.97 Å². The minimum atomic E-state index is -0.882. The highest BCUT2D eigenvalue weighted by atomic mass is 19.1. The number of halogens is 1. The summed E-state index contributed by atoms with van der Waals surface area (Å²) in [6.45, 7) is 0. The topological polar surface area (TPSA) is 172 Å². The summed E-state index contributed by atoms with van der Waals surface area (Å²) in [5, 5.41) is 29.3. The number of nitrogens with zero attached hydrogens (tertiary/aromatic N) is 1. The lowest BCUT2D eigenvalue weighted by atomic mass is 9.93. The Kier molecular flexibility index (Phi) is 6.61. The number of methoxy groups -OCH3 is 2. The van der Waals surface area contributed by atoms with E-state index in [2.05, 4.69) is 14.7 Å². The molecule has 11 heteroatoms. The Hall–Kier alpha value is -5.19. The average Bonchev–Trinajstić information content (AvgIpc) is 3.31. The second-order valence-electron chi connectivity index (χ2n) is 7.89. The molecule has 1 aromatic heterocycles. The van der Waals surface area contributed by atoms with E-state index in [0.29, 0.717) is 16.6 Å². The number of phenols is 2. The summed E-state index contributed by atoms with van der Waals surface area (Å²) < 4.78 is 23.6. The van der Waals surface area contributed by atoms with Gasteiger partial charge in [-0.15, -0.1) is 0 Å². The molecule has 0 aliphatic rings. The molecule has 3 aromatic carbocycles. The molecule has 10 nitrogen and oxygen atoms in total. The number of H-pyrrole nitrogens is 1. The van der Waals surface area contributed by atoms with Crippen molar-refractivity contribution in [2.45, 2.75) is 0 Å². The number of nitrogen functional groups attached to an aromatic ring is 1. The van der Waals surface area contributed by atoms with Gasteiger partial charge in [-0.3, -0.25) is 5.41 Å². The number of phenolic OH excluding ortho intramolecular Hbond substituents is 2. The van der Waals surface area contributed by atoms with Crippen molar-refractivity contribution in [1.29, 1.82) is 5.41 Å². The fraction of sp³-hybridized carbons (Fsp3) is 0.0769. The minimum absolute atomic E-state index is 0.0472. The number of aromatic amines is 1. The lowest BCUT2D eigenvalue weighted by Gasteiger charge is -2.15.